The molecule has 0 spiro atoms. The van der Waals surface area contributed by atoms with E-state index >= 15 is 0 Å². The monoisotopic (exact) mass is 477 g/mol. The first-order valence-electron chi connectivity index (χ1n) is 12.5. The molecular formula is C28H35N3O4. The average molecular weight is 478 g/mol. The highest BCUT2D eigenvalue weighted by molar-refractivity contribution is 5.94. The Hall–Kier alpha value is -3.11. The molecule has 0 radical (unpaired) electrons. The number of aliphatic hydroxyl groups excluding tert-OH is 1. The van der Waals surface area contributed by atoms with E-state index in [1.807, 2.05) is 13.0 Å². The van der Waals surface area contributed by atoms with Gasteiger partial charge < -0.3 is 20.2 Å². The minimum Gasteiger partial charge on any atom is -0.467 e. The van der Waals surface area contributed by atoms with Gasteiger partial charge in [-0.3, -0.25) is 9.59 Å². The lowest BCUT2D eigenvalue weighted by atomic mass is 9.51. The molecule has 2 aromatic rings. The second-order valence-electron chi connectivity index (χ2n) is 10.6. The van der Waals surface area contributed by atoms with Gasteiger partial charge in [0, 0.05) is 17.5 Å². The number of hydrogen-bond donors (Lipinski definition) is 3. The zero-order valence-electron chi connectivity index (χ0n) is 20.7. The van der Waals surface area contributed by atoms with Gasteiger partial charge in [0.1, 0.15) is 5.76 Å². The maximum Gasteiger partial charge on any atom is 0.251 e. The first-order valence-corrected chi connectivity index (χ1v) is 12.5. The summed E-state index contributed by atoms with van der Waals surface area (Å²) < 4.78 is 5.30. The summed E-state index contributed by atoms with van der Waals surface area (Å²) in [5.74, 6) is 0.0361. The minimum atomic E-state index is -0.622. The lowest BCUT2D eigenvalue weighted by Gasteiger charge is -2.56. The summed E-state index contributed by atoms with van der Waals surface area (Å²) in [4.78, 5) is 25.8. The van der Waals surface area contributed by atoms with Crippen LogP contribution in [-0.2, 0) is 11.3 Å². The van der Waals surface area contributed by atoms with Crippen molar-refractivity contribution in [1.82, 2.24) is 10.6 Å². The van der Waals surface area contributed by atoms with Crippen LogP contribution in [0.4, 0.5) is 0 Å². The number of hydrogen-bond acceptors (Lipinski definition) is 5. The van der Waals surface area contributed by atoms with Crippen LogP contribution >= 0.6 is 0 Å². The molecule has 0 aliphatic heterocycles. The third kappa shape index (κ3) is 5.13. The smallest absolute Gasteiger partial charge is 0.251 e. The van der Waals surface area contributed by atoms with Crippen molar-refractivity contribution in [2.45, 2.75) is 65.1 Å². The first-order chi connectivity index (χ1) is 16.7. The SMILES string of the molecule is C[C@H]1[C@@H]2[C@@H](O)[C@@H]([C@H](C)C(=O)NCc3ccco3)CC[C@@]2(C)CC[C@@H]1NC(=O)c1ccc(C#N)cc1. The van der Waals surface area contributed by atoms with Gasteiger partial charge in [-0.05, 0) is 85.3 Å². The van der Waals surface area contributed by atoms with Gasteiger partial charge in [-0.1, -0.05) is 20.8 Å². The van der Waals surface area contributed by atoms with E-state index in [0.717, 1.165) is 25.7 Å². The predicted molar refractivity (Wildman–Crippen MR) is 131 cm³/mol. The third-order valence-corrected chi connectivity index (χ3v) is 8.55. The molecule has 35 heavy (non-hydrogen) atoms. The summed E-state index contributed by atoms with van der Waals surface area (Å²) in [6.07, 6.45) is 4.49. The van der Waals surface area contributed by atoms with Crippen molar-refractivity contribution in [2.24, 2.45) is 29.1 Å². The zero-order valence-corrected chi connectivity index (χ0v) is 20.7. The fourth-order valence-electron chi connectivity index (χ4n) is 6.39. The van der Waals surface area contributed by atoms with Crippen LogP contribution in [0.25, 0.3) is 0 Å². The molecule has 1 aromatic carbocycles. The number of nitrogens with one attached hydrogen (secondary N) is 2. The van der Waals surface area contributed by atoms with Crippen LogP contribution in [-0.4, -0.2) is 29.1 Å². The van der Waals surface area contributed by atoms with Gasteiger partial charge in [-0.25, -0.2) is 0 Å². The molecule has 2 fully saturated rings. The van der Waals surface area contributed by atoms with Crippen LogP contribution in [0.1, 0.15) is 68.1 Å². The summed E-state index contributed by atoms with van der Waals surface area (Å²) in [6.45, 7) is 6.58. The molecule has 1 aromatic heterocycles. The van der Waals surface area contributed by atoms with Crippen LogP contribution in [0.3, 0.4) is 0 Å². The topological polar surface area (TPSA) is 115 Å². The van der Waals surface area contributed by atoms with Gasteiger partial charge in [-0.2, -0.15) is 5.26 Å². The van der Waals surface area contributed by atoms with Crippen molar-refractivity contribution < 1.29 is 19.1 Å². The maximum absolute atomic E-state index is 12.9. The molecule has 3 N–H and O–H groups in total. The van der Waals surface area contributed by atoms with Crippen LogP contribution < -0.4 is 10.6 Å². The molecule has 0 saturated heterocycles. The Morgan fingerprint density at radius 2 is 1.94 bits per heavy atom. The summed E-state index contributed by atoms with van der Waals surface area (Å²) in [6, 6.07) is 12.2. The van der Waals surface area contributed by atoms with Crippen molar-refractivity contribution in [2.75, 3.05) is 0 Å². The standard InChI is InChI=1S/C28H35N3O4/c1-17(26(33)30-16-21-5-4-14-35-21)22-10-12-28(3)13-11-23(18(2)24(28)25(22)32)31-27(34)20-8-6-19(15-29)7-9-20/h4-9,14,17-18,22-25,32H,10-13,16H2,1-3H3,(H,30,33)(H,31,34)/t17-,18+,22+,23-,24+,25-,28-/m0/s1. The molecule has 2 aliphatic rings. The normalized spacial score (nSPS) is 31.0. The number of furan rings is 1. The van der Waals surface area contributed by atoms with E-state index < -0.39 is 6.10 Å². The summed E-state index contributed by atoms with van der Waals surface area (Å²) >= 11 is 0. The molecular weight excluding hydrogens is 442 g/mol. The maximum atomic E-state index is 12.9. The van der Waals surface area contributed by atoms with E-state index in [1.54, 1.807) is 36.6 Å². The number of aliphatic hydroxyl groups is 1. The van der Waals surface area contributed by atoms with E-state index in [-0.39, 0.29) is 46.9 Å². The number of rotatable bonds is 6. The number of benzene rings is 1. The highest BCUT2D eigenvalue weighted by Gasteiger charge is 2.53. The molecule has 2 amide bonds. The second kappa shape index (κ2) is 10.2. The predicted octanol–water partition coefficient (Wildman–Crippen LogP) is 4.03. The zero-order chi connectivity index (χ0) is 25.2. The Bertz CT molecular complexity index is 1070. The number of fused-ring (bicyclic) bond motifs is 1. The Kier molecular flexibility index (Phi) is 7.32. The average Bonchev–Trinajstić information content (AvgIpc) is 3.38. The van der Waals surface area contributed by atoms with Crippen LogP contribution in [0, 0.1) is 40.4 Å². The van der Waals surface area contributed by atoms with Gasteiger partial charge >= 0.3 is 0 Å². The molecule has 1 heterocycles. The number of amides is 2. The molecule has 7 heteroatoms. The molecule has 2 saturated carbocycles. The quantitative estimate of drug-likeness (QED) is 0.581. The Labute approximate surface area is 206 Å². The van der Waals surface area contributed by atoms with Gasteiger partial charge in [0.2, 0.25) is 5.91 Å². The van der Waals surface area contributed by atoms with Crippen LogP contribution in [0.5, 0.6) is 0 Å². The Morgan fingerprint density at radius 3 is 2.60 bits per heavy atom. The number of carbonyl (C=O) groups is 2. The lowest BCUT2D eigenvalue weighted by Crippen LogP contribution is -2.58. The van der Waals surface area contributed by atoms with Gasteiger partial charge in [0.05, 0.1) is 30.5 Å². The first kappa shape index (κ1) is 25.0. The van der Waals surface area contributed by atoms with Crippen molar-refractivity contribution >= 4 is 11.8 Å². The van der Waals surface area contributed by atoms with Crippen molar-refractivity contribution in [3.63, 3.8) is 0 Å². The molecule has 7 nitrogen and oxygen atoms in total. The fourth-order valence-corrected chi connectivity index (χ4v) is 6.39. The summed E-state index contributed by atoms with van der Waals surface area (Å²) in [5.41, 5.74) is 1.02. The minimum absolute atomic E-state index is 0.0124. The van der Waals surface area contributed by atoms with Crippen LogP contribution in [0.2, 0.25) is 0 Å². The number of nitrogens with zero attached hydrogens (tertiary/aromatic N) is 1. The van der Waals surface area contributed by atoms with Gasteiger partial charge in [-0.15, -0.1) is 0 Å². The van der Waals surface area contributed by atoms with Crippen molar-refractivity contribution in [3.05, 3.63) is 59.5 Å². The van der Waals surface area contributed by atoms with E-state index in [1.165, 1.54) is 0 Å². The van der Waals surface area contributed by atoms with Gasteiger partial charge in [0.15, 0.2) is 0 Å². The summed E-state index contributed by atoms with van der Waals surface area (Å²) in [5, 5.41) is 26.7. The molecule has 4 rings (SSSR count). The molecule has 2 aliphatic carbocycles. The van der Waals surface area contributed by atoms with Crippen molar-refractivity contribution in [3.8, 4) is 6.07 Å². The Balaban J connectivity index is 1.42. The van der Waals surface area contributed by atoms with Crippen LogP contribution in [0.15, 0.2) is 47.1 Å². The molecule has 0 bridgehead atoms. The molecule has 0 unspecified atom stereocenters. The third-order valence-electron chi connectivity index (χ3n) is 8.55. The van der Waals surface area contributed by atoms with E-state index in [2.05, 4.69) is 30.6 Å². The Morgan fingerprint density at radius 1 is 1.23 bits per heavy atom. The fraction of sp³-hybridized carbons (Fsp3) is 0.536. The molecule has 186 valence electrons. The number of nitriles is 1. The van der Waals surface area contributed by atoms with E-state index in [0.29, 0.717) is 23.4 Å². The highest BCUT2D eigenvalue weighted by atomic mass is 16.3. The van der Waals surface area contributed by atoms with E-state index in [9.17, 15) is 14.7 Å². The van der Waals surface area contributed by atoms with Gasteiger partial charge in [0.25, 0.3) is 5.91 Å². The van der Waals surface area contributed by atoms with E-state index in [4.69, 9.17) is 9.68 Å². The molecule has 7 atom stereocenters. The van der Waals surface area contributed by atoms with Crippen molar-refractivity contribution in [1.29, 1.82) is 5.26 Å². The lowest BCUT2D eigenvalue weighted by molar-refractivity contribution is -0.142. The number of carbonyl (C=O) groups excluding carboxylic acids is 2. The summed E-state index contributed by atoms with van der Waals surface area (Å²) in [7, 11) is 0. The second-order valence-corrected chi connectivity index (χ2v) is 10.6. The largest absolute Gasteiger partial charge is 0.467 e. The highest BCUT2D eigenvalue weighted by Crippen LogP contribution is 2.55.